The van der Waals surface area contributed by atoms with E-state index in [1.807, 2.05) is 6.92 Å². The lowest BCUT2D eigenvalue weighted by molar-refractivity contribution is 0.0956. The van der Waals surface area contributed by atoms with Crippen LogP contribution in [-0.4, -0.2) is 51.1 Å². The Balaban J connectivity index is 1.95. The number of benzene rings is 1. The molecule has 1 aliphatic rings. The number of carbonyl (C=O) groups excluding carboxylic acids is 1. The highest BCUT2D eigenvalue weighted by atomic mass is 32.2. The molecule has 1 heterocycles. The van der Waals surface area contributed by atoms with Crippen molar-refractivity contribution < 1.29 is 17.9 Å². The van der Waals surface area contributed by atoms with E-state index in [9.17, 15) is 13.2 Å². The first-order valence-electron chi connectivity index (χ1n) is 6.77. The van der Waals surface area contributed by atoms with Gasteiger partial charge in [0.25, 0.3) is 5.91 Å². The first-order valence-corrected chi connectivity index (χ1v) is 8.38. The Morgan fingerprint density at radius 2 is 2.14 bits per heavy atom. The van der Waals surface area contributed by atoms with Crippen molar-refractivity contribution in [1.29, 1.82) is 0 Å². The van der Waals surface area contributed by atoms with Gasteiger partial charge in [-0.2, -0.15) is 0 Å². The van der Waals surface area contributed by atoms with Crippen LogP contribution in [-0.2, 0) is 16.4 Å². The number of fused-ring (bicyclic) bond motifs is 1. The van der Waals surface area contributed by atoms with Gasteiger partial charge in [-0.1, -0.05) is 0 Å². The van der Waals surface area contributed by atoms with Gasteiger partial charge in [0, 0.05) is 32.6 Å². The molecule has 0 aliphatic carbocycles. The number of ether oxygens (including phenoxy) is 1. The van der Waals surface area contributed by atoms with Gasteiger partial charge in [0.2, 0.25) is 10.0 Å². The van der Waals surface area contributed by atoms with Crippen LogP contribution in [0.1, 0.15) is 22.8 Å². The third-order valence-electron chi connectivity index (χ3n) is 3.36. The van der Waals surface area contributed by atoms with Crippen molar-refractivity contribution in [3.63, 3.8) is 0 Å². The average molecular weight is 312 g/mol. The first-order chi connectivity index (χ1) is 9.79. The molecule has 0 radical (unpaired) electrons. The Morgan fingerprint density at radius 3 is 2.81 bits per heavy atom. The van der Waals surface area contributed by atoms with Gasteiger partial charge in [-0.15, -0.1) is 0 Å². The van der Waals surface area contributed by atoms with E-state index in [1.54, 1.807) is 18.2 Å². The molecule has 21 heavy (non-hydrogen) atoms. The van der Waals surface area contributed by atoms with E-state index < -0.39 is 10.0 Å². The van der Waals surface area contributed by atoms with Crippen molar-refractivity contribution in [3.8, 4) is 5.75 Å². The van der Waals surface area contributed by atoms with Gasteiger partial charge in [-0.25, -0.2) is 12.7 Å². The third kappa shape index (κ3) is 3.74. The van der Waals surface area contributed by atoms with E-state index in [0.29, 0.717) is 5.56 Å². The second-order valence-corrected chi connectivity index (χ2v) is 7.61. The molecule has 0 aromatic heterocycles. The second-order valence-electron chi connectivity index (χ2n) is 5.31. The summed E-state index contributed by atoms with van der Waals surface area (Å²) in [6.07, 6.45) is 0.911. The standard InChI is InChI=1S/C14H20N2O4S/c1-10-8-12-9-11(4-5-13(12)20-10)14(17)15-6-7-21(18,19)16(2)3/h4-5,9-10H,6-8H2,1-3H3,(H,15,17)/t10-/m0/s1. The maximum atomic E-state index is 12.0. The van der Waals surface area contributed by atoms with Crippen molar-refractivity contribution in [2.75, 3.05) is 26.4 Å². The molecule has 1 atom stereocenters. The maximum Gasteiger partial charge on any atom is 0.251 e. The molecular weight excluding hydrogens is 292 g/mol. The Morgan fingerprint density at radius 1 is 1.43 bits per heavy atom. The lowest BCUT2D eigenvalue weighted by Crippen LogP contribution is -2.33. The normalized spacial score (nSPS) is 17.4. The summed E-state index contributed by atoms with van der Waals surface area (Å²) >= 11 is 0. The Kier molecular flexibility index (Phi) is 4.53. The number of hydrogen-bond acceptors (Lipinski definition) is 4. The monoisotopic (exact) mass is 312 g/mol. The summed E-state index contributed by atoms with van der Waals surface area (Å²) in [4.78, 5) is 12.0. The van der Waals surface area contributed by atoms with Crippen molar-refractivity contribution in [2.24, 2.45) is 0 Å². The van der Waals surface area contributed by atoms with Crippen LogP contribution in [0.15, 0.2) is 18.2 Å². The largest absolute Gasteiger partial charge is 0.490 e. The number of amides is 1. The molecule has 1 amide bonds. The average Bonchev–Trinajstić information content (AvgIpc) is 2.77. The van der Waals surface area contributed by atoms with Crippen LogP contribution in [0.5, 0.6) is 5.75 Å². The highest BCUT2D eigenvalue weighted by molar-refractivity contribution is 7.89. The number of nitrogens with one attached hydrogen (secondary N) is 1. The fourth-order valence-corrected chi connectivity index (χ4v) is 2.87. The van der Waals surface area contributed by atoms with Crippen LogP contribution >= 0.6 is 0 Å². The molecule has 1 aliphatic heterocycles. The molecule has 0 spiro atoms. The lowest BCUT2D eigenvalue weighted by Gasteiger charge is -2.11. The zero-order chi connectivity index (χ0) is 15.6. The van der Waals surface area contributed by atoms with E-state index in [-0.39, 0.29) is 24.3 Å². The van der Waals surface area contributed by atoms with E-state index in [2.05, 4.69) is 5.32 Å². The molecule has 1 aromatic rings. The minimum absolute atomic E-state index is 0.0866. The summed E-state index contributed by atoms with van der Waals surface area (Å²) in [6.45, 7) is 2.06. The minimum Gasteiger partial charge on any atom is -0.490 e. The van der Waals surface area contributed by atoms with E-state index in [0.717, 1.165) is 22.0 Å². The SMILES string of the molecule is C[C@H]1Cc2cc(C(=O)NCCS(=O)(=O)N(C)C)ccc2O1. The number of hydrogen-bond donors (Lipinski definition) is 1. The number of rotatable bonds is 5. The third-order valence-corrected chi connectivity index (χ3v) is 5.19. The minimum atomic E-state index is -3.29. The highest BCUT2D eigenvalue weighted by Gasteiger charge is 2.20. The summed E-state index contributed by atoms with van der Waals surface area (Å²) in [5.41, 5.74) is 1.53. The summed E-state index contributed by atoms with van der Waals surface area (Å²) in [5, 5.41) is 2.63. The summed E-state index contributed by atoms with van der Waals surface area (Å²) < 4.78 is 29.9. The molecule has 0 fully saturated rings. The predicted molar refractivity (Wildman–Crippen MR) is 80.0 cm³/mol. The van der Waals surface area contributed by atoms with Crippen LogP contribution in [0, 0.1) is 0 Å². The molecule has 116 valence electrons. The Labute approximate surface area is 125 Å². The molecule has 0 saturated carbocycles. The van der Waals surface area contributed by atoms with E-state index in [1.165, 1.54) is 14.1 Å². The quantitative estimate of drug-likeness (QED) is 0.865. The molecule has 0 unspecified atom stereocenters. The Bertz CT molecular complexity index is 640. The second kappa shape index (κ2) is 6.03. The highest BCUT2D eigenvalue weighted by Crippen LogP contribution is 2.29. The number of sulfonamides is 1. The smallest absolute Gasteiger partial charge is 0.251 e. The summed E-state index contributed by atoms with van der Waals surface area (Å²) in [5.74, 6) is 0.428. The van der Waals surface area contributed by atoms with Crippen molar-refractivity contribution in [3.05, 3.63) is 29.3 Å². The molecule has 0 bridgehead atoms. The van der Waals surface area contributed by atoms with Crippen LogP contribution in [0.4, 0.5) is 0 Å². The van der Waals surface area contributed by atoms with Crippen molar-refractivity contribution in [1.82, 2.24) is 9.62 Å². The van der Waals surface area contributed by atoms with Gasteiger partial charge in [-0.05, 0) is 30.7 Å². The zero-order valence-electron chi connectivity index (χ0n) is 12.4. The summed E-state index contributed by atoms with van der Waals surface area (Å²) in [6, 6.07) is 5.27. The van der Waals surface area contributed by atoms with Gasteiger partial charge in [0.05, 0.1) is 5.75 Å². The van der Waals surface area contributed by atoms with Crippen LogP contribution in [0.25, 0.3) is 0 Å². The Hall–Kier alpha value is -1.60. The summed E-state index contributed by atoms with van der Waals surface area (Å²) in [7, 11) is -0.352. The van der Waals surface area contributed by atoms with Gasteiger partial charge in [0.1, 0.15) is 11.9 Å². The fourth-order valence-electron chi connectivity index (χ4n) is 2.14. The van der Waals surface area contributed by atoms with Crippen LogP contribution in [0.3, 0.4) is 0 Å². The fraction of sp³-hybridized carbons (Fsp3) is 0.500. The number of carbonyl (C=O) groups is 1. The van der Waals surface area contributed by atoms with Crippen molar-refractivity contribution >= 4 is 15.9 Å². The molecule has 7 heteroatoms. The predicted octanol–water partition coefficient (Wildman–Crippen LogP) is 0.631. The maximum absolute atomic E-state index is 12.0. The molecule has 6 nitrogen and oxygen atoms in total. The lowest BCUT2D eigenvalue weighted by atomic mass is 10.1. The van der Waals surface area contributed by atoms with Gasteiger partial charge >= 0.3 is 0 Å². The van der Waals surface area contributed by atoms with Crippen molar-refractivity contribution in [2.45, 2.75) is 19.4 Å². The first kappa shape index (κ1) is 15.8. The number of nitrogens with zero attached hydrogens (tertiary/aromatic N) is 1. The molecule has 1 aromatic carbocycles. The molecule has 1 N–H and O–H groups in total. The van der Waals surface area contributed by atoms with Gasteiger partial charge in [0.15, 0.2) is 0 Å². The van der Waals surface area contributed by atoms with Crippen LogP contribution < -0.4 is 10.1 Å². The van der Waals surface area contributed by atoms with Crippen LogP contribution in [0.2, 0.25) is 0 Å². The van der Waals surface area contributed by atoms with Gasteiger partial charge < -0.3 is 10.1 Å². The van der Waals surface area contributed by atoms with E-state index in [4.69, 9.17) is 4.74 Å². The molecule has 0 saturated heterocycles. The molecular formula is C14H20N2O4S. The van der Waals surface area contributed by atoms with E-state index >= 15 is 0 Å². The van der Waals surface area contributed by atoms with Gasteiger partial charge in [-0.3, -0.25) is 4.79 Å². The molecule has 2 rings (SSSR count). The zero-order valence-corrected chi connectivity index (χ0v) is 13.2. The topological polar surface area (TPSA) is 75.7 Å².